The Morgan fingerprint density at radius 1 is 1.12 bits per heavy atom. The van der Waals surface area contributed by atoms with Gasteiger partial charge in [0.15, 0.2) is 12.4 Å². The van der Waals surface area contributed by atoms with Crippen molar-refractivity contribution >= 4 is 27.7 Å². The molecule has 0 N–H and O–H groups in total. The topological polar surface area (TPSA) is 43.4 Å². The zero-order chi connectivity index (χ0) is 16.9. The van der Waals surface area contributed by atoms with Gasteiger partial charge in [0.1, 0.15) is 5.82 Å². The maximum atomic E-state index is 13.3. The molecule has 0 atom stereocenters. The van der Waals surface area contributed by atoms with Crippen molar-refractivity contribution in [2.45, 2.75) is 38.5 Å². The fourth-order valence-electron chi connectivity index (χ4n) is 5.47. The van der Waals surface area contributed by atoms with Gasteiger partial charge >= 0.3 is 5.97 Å². The second-order valence-electron chi connectivity index (χ2n) is 7.82. The molecule has 5 heteroatoms. The monoisotopic (exact) mass is 394 g/mol. The minimum absolute atomic E-state index is 0.0578. The number of ketones is 1. The van der Waals surface area contributed by atoms with E-state index in [1.807, 2.05) is 0 Å². The molecule has 4 fully saturated rings. The van der Waals surface area contributed by atoms with Crippen LogP contribution in [0.2, 0.25) is 0 Å². The third-order valence-corrected chi connectivity index (χ3v) is 6.80. The lowest BCUT2D eigenvalue weighted by molar-refractivity contribution is -0.147. The van der Waals surface area contributed by atoms with Crippen LogP contribution in [0.15, 0.2) is 22.7 Å². The first kappa shape index (κ1) is 16.2. The normalized spacial score (nSPS) is 33.5. The van der Waals surface area contributed by atoms with Crippen molar-refractivity contribution in [3.05, 3.63) is 34.1 Å². The highest BCUT2D eigenvalue weighted by molar-refractivity contribution is 9.10. The Bertz CT molecular complexity index is 665. The summed E-state index contributed by atoms with van der Waals surface area (Å²) in [7, 11) is 0. The predicted octanol–water partition coefficient (Wildman–Crippen LogP) is 4.53. The number of halogens is 2. The van der Waals surface area contributed by atoms with Crippen LogP contribution in [-0.4, -0.2) is 18.4 Å². The summed E-state index contributed by atoms with van der Waals surface area (Å²) in [6.07, 6.45) is 6.67. The van der Waals surface area contributed by atoms with Gasteiger partial charge in [0.05, 0.1) is 5.56 Å². The standard InChI is InChI=1S/C19H20BrFO3/c20-16-2-1-14(21)6-15(16)18(23)24-10-17(22)19-7-11-3-12(8-19)5-13(4-11)9-19/h1-2,6,11-13H,3-5,7-10H2. The van der Waals surface area contributed by atoms with E-state index in [0.717, 1.165) is 25.3 Å². The SMILES string of the molecule is O=C(OCC(=O)C12CC3CC(CC(C3)C1)C2)c1cc(F)ccc1Br. The summed E-state index contributed by atoms with van der Waals surface area (Å²) in [5.74, 6) is 0.925. The molecule has 0 aromatic heterocycles. The lowest BCUT2D eigenvalue weighted by atomic mass is 9.48. The van der Waals surface area contributed by atoms with Crippen LogP contribution < -0.4 is 0 Å². The van der Waals surface area contributed by atoms with Crippen LogP contribution in [-0.2, 0) is 9.53 Å². The molecule has 0 amide bonds. The molecule has 24 heavy (non-hydrogen) atoms. The molecular formula is C19H20BrFO3. The van der Waals surface area contributed by atoms with E-state index in [9.17, 15) is 14.0 Å². The van der Waals surface area contributed by atoms with Gasteiger partial charge in [-0.25, -0.2) is 9.18 Å². The maximum Gasteiger partial charge on any atom is 0.339 e. The van der Waals surface area contributed by atoms with Crippen molar-refractivity contribution in [2.75, 3.05) is 6.61 Å². The van der Waals surface area contributed by atoms with Crippen LogP contribution in [0.4, 0.5) is 4.39 Å². The van der Waals surface area contributed by atoms with E-state index in [-0.39, 0.29) is 23.4 Å². The predicted molar refractivity (Wildman–Crippen MR) is 90.0 cm³/mol. The number of benzene rings is 1. The van der Waals surface area contributed by atoms with Gasteiger partial charge < -0.3 is 4.74 Å². The zero-order valence-corrected chi connectivity index (χ0v) is 15.0. The number of ether oxygens (including phenoxy) is 1. The third-order valence-electron chi connectivity index (χ3n) is 6.11. The molecule has 5 rings (SSSR count). The minimum atomic E-state index is -0.653. The van der Waals surface area contributed by atoms with Gasteiger partial charge in [0.25, 0.3) is 0 Å². The van der Waals surface area contributed by atoms with E-state index in [0.29, 0.717) is 22.2 Å². The molecular weight excluding hydrogens is 375 g/mol. The van der Waals surface area contributed by atoms with E-state index >= 15 is 0 Å². The number of hydrogen-bond acceptors (Lipinski definition) is 3. The Labute approximate surface area is 149 Å². The average Bonchev–Trinajstić information content (AvgIpc) is 2.53. The van der Waals surface area contributed by atoms with Crippen molar-refractivity contribution in [1.82, 2.24) is 0 Å². The fraction of sp³-hybridized carbons (Fsp3) is 0.579. The van der Waals surface area contributed by atoms with E-state index in [1.165, 1.54) is 31.4 Å². The Morgan fingerprint density at radius 3 is 2.29 bits per heavy atom. The molecule has 0 aliphatic heterocycles. The molecule has 0 spiro atoms. The Morgan fingerprint density at radius 2 is 1.71 bits per heavy atom. The van der Waals surface area contributed by atoms with Crippen molar-refractivity contribution in [2.24, 2.45) is 23.2 Å². The van der Waals surface area contributed by atoms with Gasteiger partial charge in [-0.05, 0) is 90.4 Å². The van der Waals surface area contributed by atoms with E-state index in [1.54, 1.807) is 0 Å². The van der Waals surface area contributed by atoms with Crippen LogP contribution in [0, 0.1) is 29.0 Å². The molecule has 4 aliphatic carbocycles. The third kappa shape index (κ3) is 2.81. The summed E-state index contributed by atoms with van der Waals surface area (Å²) >= 11 is 3.22. The lowest BCUT2D eigenvalue weighted by Crippen LogP contribution is -2.51. The molecule has 0 saturated heterocycles. The van der Waals surface area contributed by atoms with Crippen LogP contribution in [0.3, 0.4) is 0 Å². The first-order valence-corrected chi connectivity index (χ1v) is 9.40. The second kappa shape index (κ2) is 5.94. The van der Waals surface area contributed by atoms with Gasteiger partial charge in [-0.15, -0.1) is 0 Å². The summed E-state index contributed by atoms with van der Waals surface area (Å²) in [4.78, 5) is 25.0. The highest BCUT2D eigenvalue weighted by Crippen LogP contribution is 2.60. The largest absolute Gasteiger partial charge is 0.454 e. The van der Waals surface area contributed by atoms with E-state index in [4.69, 9.17) is 4.74 Å². The summed E-state index contributed by atoms with van der Waals surface area (Å²) in [5, 5.41) is 0. The summed E-state index contributed by atoms with van der Waals surface area (Å²) < 4.78 is 19.0. The molecule has 4 bridgehead atoms. The summed E-state index contributed by atoms with van der Waals surface area (Å²) in [5.41, 5.74) is -0.151. The highest BCUT2D eigenvalue weighted by Gasteiger charge is 2.54. The Hall–Kier alpha value is -1.23. The molecule has 4 saturated carbocycles. The second-order valence-corrected chi connectivity index (χ2v) is 8.68. The summed E-state index contributed by atoms with van der Waals surface area (Å²) in [6, 6.07) is 3.86. The number of hydrogen-bond donors (Lipinski definition) is 0. The molecule has 4 aliphatic rings. The molecule has 128 valence electrons. The van der Waals surface area contributed by atoms with Gasteiger partial charge in [-0.3, -0.25) is 4.79 Å². The first-order chi connectivity index (χ1) is 11.4. The van der Waals surface area contributed by atoms with Crippen molar-refractivity contribution in [3.8, 4) is 0 Å². The molecule has 1 aromatic carbocycles. The van der Waals surface area contributed by atoms with E-state index < -0.39 is 11.8 Å². The highest BCUT2D eigenvalue weighted by atomic mass is 79.9. The van der Waals surface area contributed by atoms with Crippen LogP contribution >= 0.6 is 15.9 Å². The Balaban J connectivity index is 1.43. The van der Waals surface area contributed by atoms with Crippen molar-refractivity contribution in [1.29, 1.82) is 0 Å². The molecule has 0 unspecified atom stereocenters. The quantitative estimate of drug-likeness (QED) is 0.704. The van der Waals surface area contributed by atoms with Gasteiger partial charge in [-0.2, -0.15) is 0 Å². The molecule has 3 nitrogen and oxygen atoms in total. The fourth-order valence-corrected chi connectivity index (χ4v) is 5.88. The number of carbonyl (C=O) groups is 2. The number of rotatable bonds is 4. The summed E-state index contributed by atoms with van der Waals surface area (Å²) in [6.45, 7) is -0.200. The van der Waals surface area contributed by atoms with Crippen molar-refractivity contribution in [3.63, 3.8) is 0 Å². The van der Waals surface area contributed by atoms with Gasteiger partial charge in [0.2, 0.25) is 0 Å². The van der Waals surface area contributed by atoms with E-state index in [2.05, 4.69) is 15.9 Å². The number of Topliss-reactive ketones (excluding diaryl/α,β-unsaturated/α-hetero) is 1. The molecule has 1 aromatic rings. The average molecular weight is 395 g/mol. The Kier molecular flexibility index (Phi) is 4.02. The lowest BCUT2D eigenvalue weighted by Gasteiger charge is -2.55. The maximum absolute atomic E-state index is 13.3. The first-order valence-electron chi connectivity index (χ1n) is 8.61. The van der Waals surface area contributed by atoms with Crippen molar-refractivity contribution < 1.29 is 18.7 Å². The smallest absolute Gasteiger partial charge is 0.339 e. The minimum Gasteiger partial charge on any atom is -0.454 e. The van der Waals surface area contributed by atoms with Crippen LogP contribution in [0.1, 0.15) is 48.9 Å². The molecule has 0 radical (unpaired) electrons. The molecule has 0 heterocycles. The zero-order valence-electron chi connectivity index (χ0n) is 13.4. The number of esters is 1. The number of carbonyl (C=O) groups excluding carboxylic acids is 2. The van der Waals surface area contributed by atoms with Crippen LogP contribution in [0.5, 0.6) is 0 Å². The van der Waals surface area contributed by atoms with Gasteiger partial charge in [-0.1, -0.05) is 0 Å². The van der Waals surface area contributed by atoms with Gasteiger partial charge in [0, 0.05) is 9.89 Å². The van der Waals surface area contributed by atoms with Crippen LogP contribution in [0.25, 0.3) is 0 Å².